The first-order valence-electron chi connectivity index (χ1n) is 11.7. The molecule has 1 heterocycles. The topological polar surface area (TPSA) is 55.3 Å². The third-order valence-corrected chi connectivity index (χ3v) is 13.3. The first-order chi connectivity index (χ1) is 15.1. The Morgan fingerprint density at radius 3 is 1.47 bits per heavy atom. The van der Waals surface area contributed by atoms with Crippen molar-refractivity contribution < 1.29 is 0 Å². The van der Waals surface area contributed by atoms with Gasteiger partial charge in [-0.15, -0.1) is 0 Å². The van der Waals surface area contributed by atoms with E-state index in [1.807, 2.05) is 24.3 Å². The van der Waals surface area contributed by atoms with Gasteiger partial charge in [-0.25, -0.2) is 0 Å². The molecule has 32 heavy (non-hydrogen) atoms. The van der Waals surface area contributed by atoms with Gasteiger partial charge in [-0.3, -0.25) is 0 Å². The molecular weight excluding hydrogens is 406 g/mol. The van der Waals surface area contributed by atoms with Crippen molar-refractivity contribution in [2.45, 2.75) is 63.8 Å². The summed E-state index contributed by atoms with van der Waals surface area (Å²) in [6.45, 7) is 12.1. The summed E-state index contributed by atoms with van der Waals surface area (Å²) in [6.07, 6.45) is 2.23. The number of anilines is 3. The highest BCUT2D eigenvalue weighted by Gasteiger charge is 2.38. The van der Waals surface area contributed by atoms with E-state index >= 15 is 0 Å². The summed E-state index contributed by atoms with van der Waals surface area (Å²) < 4.78 is 0. The van der Waals surface area contributed by atoms with Crippen molar-refractivity contribution in [3.63, 3.8) is 0 Å². The van der Waals surface area contributed by atoms with Gasteiger partial charge in [0.1, 0.15) is 0 Å². The van der Waals surface area contributed by atoms with Gasteiger partial charge in [-0.2, -0.15) is 0 Å². The van der Waals surface area contributed by atoms with Crippen molar-refractivity contribution in [1.29, 1.82) is 0 Å². The molecule has 1 fully saturated rings. The summed E-state index contributed by atoms with van der Waals surface area (Å²) in [5, 5.41) is 1.84. The Labute approximate surface area is 194 Å². The maximum atomic E-state index is 5.97. The predicted octanol–water partition coefficient (Wildman–Crippen LogP) is 6.65. The van der Waals surface area contributed by atoms with Crippen LogP contribution in [0, 0.1) is 0 Å². The first-order valence-corrected chi connectivity index (χ1v) is 14.7. The molecule has 0 unspecified atom stereocenters. The molecule has 4 rings (SSSR count). The Balaban J connectivity index is 1.74. The molecule has 0 aliphatic carbocycles. The van der Waals surface area contributed by atoms with E-state index in [4.69, 9.17) is 11.5 Å². The number of hydrogen-bond donors (Lipinski definition) is 2. The van der Waals surface area contributed by atoms with Crippen LogP contribution in [0.4, 0.5) is 17.1 Å². The third kappa shape index (κ3) is 4.16. The second kappa shape index (κ2) is 8.32. The van der Waals surface area contributed by atoms with E-state index in [-0.39, 0.29) is 0 Å². The molecule has 1 saturated heterocycles. The van der Waals surface area contributed by atoms with Crippen LogP contribution in [0.1, 0.15) is 56.8 Å². The fourth-order valence-electron chi connectivity index (χ4n) is 4.75. The summed E-state index contributed by atoms with van der Waals surface area (Å²) in [7, 11) is -1.56. The van der Waals surface area contributed by atoms with Gasteiger partial charge < -0.3 is 16.4 Å². The van der Waals surface area contributed by atoms with E-state index in [1.165, 1.54) is 22.0 Å². The van der Waals surface area contributed by atoms with Crippen LogP contribution >= 0.6 is 0 Å². The van der Waals surface area contributed by atoms with Crippen molar-refractivity contribution >= 4 is 30.3 Å². The van der Waals surface area contributed by atoms with Gasteiger partial charge in [0, 0.05) is 17.1 Å². The van der Waals surface area contributed by atoms with E-state index in [2.05, 4.69) is 87.3 Å². The van der Waals surface area contributed by atoms with Gasteiger partial charge in [0.25, 0.3) is 0 Å². The van der Waals surface area contributed by atoms with Gasteiger partial charge in [0.15, 0.2) is 0 Å². The monoisotopic (exact) mass is 443 g/mol. The molecule has 0 aromatic heterocycles. The minimum absolute atomic E-state index is 0.321. The minimum atomic E-state index is -1.56. The van der Waals surface area contributed by atoms with Crippen LogP contribution < -0.4 is 21.6 Å². The SMILES string of the molecule is CC(C)(C)[Si](C)(C)c1ccc(N2[C@@H](c3ccc(N)cc3)CC[C@H]2c2ccc(N)cc2)cc1. The molecule has 4 heteroatoms. The molecule has 3 nitrogen and oxygen atoms in total. The van der Waals surface area contributed by atoms with Crippen molar-refractivity contribution in [2.24, 2.45) is 0 Å². The second-order valence-electron chi connectivity index (χ2n) is 10.8. The van der Waals surface area contributed by atoms with E-state index in [1.54, 1.807) is 0 Å². The number of nitrogen functional groups attached to an aromatic ring is 2. The first kappa shape index (κ1) is 22.5. The summed E-state index contributed by atoms with van der Waals surface area (Å²) >= 11 is 0. The smallest absolute Gasteiger partial charge is 0.0859 e. The average Bonchev–Trinajstić information content (AvgIpc) is 3.19. The fourth-order valence-corrected chi connectivity index (χ4v) is 6.61. The molecule has 0 spiro atoms. The number of hydrogen-bond acceptors (Lipinski definition) is 3. The molecule has 3 aromatic carbocycles. The molecule has 4 N–H and O–H groups in total. The summed E-state index contributed by atoms with van der Waals surface area (Å²) in [6, 6.07) is 26.9. The predicted molar refractivity (Wildman–Crippen MR) is 142 cm³/mol. The van der Waals surface area contributed by atoms with Gasteiger partial charge >= 0.3 is 0 Å². The summed E-state index contributed by atoms with van der Waals surface area (Å²) in [4.78, 5) is 2.60. The highest BCUT2D eigenvalue weighted by atomic mass is 28.3. The van der Waals surface area contributed by atoms with Gasteiger partial charge in [0.05, 0.1) is 20.2 Å². The Morgan fingerprint density at radius 2 is 1.09 bits per heavy atom. The normalized spacial score (nSPS) is 19.3. The van der Waals surface area contributed by atoms with Gasteiger partial charge in [0.2, 0.25) is 0 Å². The molecule has 0 amide bonds. The molecule has 3 aromatic rings. The largest absolute Gasteiger partial charge is 0.399 e. The van der Waals surface area contributed by atoms with Crippen LogP contribution in [0.25, 0.3) is 0 Å². The zero-order valence-corrected chi connectivity index (χ0v) is 21.1. The Hall–Kier alpha value is -2.72. The number of nitrogens with two attached hydrogens (primary N) is 2. The van der Waals surface area contributed by atoms with Crippen LogP contribution in [0.15, 0.2) is 72.8 Å². The molecule has 1 aliphatic heterocycles. The Bertz CT molecular complexity index is 994. The lowest BCUT2D eigenvalue weighted by atomic mass is 10.0. The number of benzene rings is 3. The van der Waals surface area contributed by atoms with Crippen molar-refractivity contribution in [3.05, 3.63) is 83.9 Å². The maximum absolute atomic E-state index is 5.97. The van der Waals surface area contributed by atoms with Crippen LogP contribution in [0.3, 0.4) is 0 Å². The summed E-state index contributed by atoms with van der Waals surface area (Å²) in [5.41, 5.74) is 17.5. The number of rotatable bonds is 4. The minimum Gasteiger partial charge on any atom is -0.399 e. The lowest BCUT2D eigenvalue weighted by molar-refractivity contribution is 0.674. The fraction of sp³-hybridized carbons (Fsp3) is 0.357. The molecule has 0 saturated carbocycles. The molecule has 2 atom stereocenters. The number of nitrogens with zero attached hydrogens (tertiary/aromatic N) is 1. The van der Waals surface area contributed by atoms with E-state index in [0.717, 1.165) is 24.2 Å². The van der Waals surface area contributed by atoms with E-state index in [0.29, 0.717) is 17.1 Å². The average molecular weight is 444 g/mol. The van der Waals surface area contributed by atoms with Crippen molar-refractivity contribution in [1.82, 2.24) is 0 Å². The second-order valence-corrected chi connectivity index (χ2v) is 16.1. The van der Waals surface area contributed by atoms with Gasteiger partial charge in [-0.05, 0) is 65.4 Å². The zero-order chi connectivity index (χ0) is 23.1. The zero-order valence-electron chi connectivity index (χ0n) is 20.1. The molecule has 0 bridgehead atoms. The lowest BCUT2D eigenvalue weighted by Crippen LogP contribution is -2.49. The van der Waals surface area contributed by atoms with Gasteiger partial charge in [-0.1, -0.05) is 75.5 Å². The van der Waals surface area contributed by atoms with Crippen LogP contribution in [0.2, 0.25) is 18.1 Å². The highest BCUT2D eigenvalue weighted by molar-refractivity contribution is 6.92. The molecular formula is C28H37N3Si. The molecule has 1 aliphatic rings. The lowest BCUT2D eigenvalue weighted by Gasteiger charge is -2.38. The maximum Gasteiger partial charge on any atom is 0.0859 e. The van der Waals surface area contributed by atoms with Crippen molar-refractivity contribution in [3.8, 4) is 0 Å². The molecule has 168 valence electrons. The van der Waals surface area contributed by atoms with Crippen LogP contribution in [-0.2, 0) is 0 Å². The Kier molecular flexibility index (Phi) is 5.84. The standard InChI is InChI=1S/C28H37N3Si/c1-28(2,3)32(4,5)25-16-14-24(15-17-25)31-26(20-6-10-22(29)11-7-20)18-19-27(31)21-8-12-23(30)13-9-21/h6-17,26-27H,18-19,29-30H2,1-5H3/t26-,27+. The Morgan fingerprint density at radius 1 is 0.688 bits per heavy atom. The van der Waals surface area contributed by atoms with Crippen LogP contribution in [0.5, 0.6) is 0 Å². The van der Waals surface area contributed by atoms with Crippen molar-refractivity contribution in [2.75, 3.05) is 16.4 Å². The quantitative estimate of drug-likeness (QED) is 0.350. The van der Waals surface area contributed by atoms with Crippen LogP contribution in [-0.4, -0.2) is 8.07 Å². The van der Waals surface area contributed by atoms with E-state index < -0.39 is 8.07 Å². The van der Waals surface area contributed by atoms with E-state index in [9.17, 15) is 0 Å². The summed E-state index contributed by atoms with van der Waals surface area (Å²) in [5.74, 6) is 0. The highest BCUT2D eigenvalue weighted by Crippen LogP contribution is 2.47. The molecule has 0 radical (unpaired) electrons. The third-order valence-electron chi connectivity index (χ3n) is 7.79.